The molecule has 100 valence electrons. The first kappa shape index (κ1) is 16.9. The molecule has 0 rings (SSSR count). The number of hydrogen-bond acceptors (Lipinski definition) is 2. The van der Waals surface area contributed by atoms with Crippen molar-refractivity contribution in [2.45, 2.75) is 58.8 Å². The van der Waals surface area contributed by atoms with Gasteiger partial charge in [-0.1, -0.05) is 37.0 Å². The van der Waals surface area contributed by atoms with E-state index in [9.17, 15) is 0 Å². The maximum atomic E-state index is 5.91. The lowest BCUT2D eigenvalue weighted by Gasteiger charge is -1.98. The van der Waals surface area contributed by atoms with E-state index < -0.39 is 0 Å². The van der Waals surface area contributed by atoms with Crippen LogP contribution >= 0.6 is 23.2 Å². The van der Waals surface area contributed by atoms with Crippen molar-refractivity contribution in [2.24, 2.45) is 9.98 Å². The summed E-state index contributed by atoms with van der Waals surface area (Å²) in [6.45, 7) is 5.89. The zero-order valence-corrected chi connectivity index (χ0v) is 12.5. The van der Waals surface area contributed by atoms with Crippen molar-refractivity contribution in [3.8, 4) is 0 Å². The largest absolute Gasteiger partial charge is 0.278 e. The number of rotatable bonds is 10. The van der Waals surface area contributed by atoms with Gasteiger partial charge in [-0.2, -0.15) is 0 Å². The lowest BCUT2D eigenvalue weighted by Crippen LogP contribution is -1.92. The summed E-state index contributed by atoms with van der Waals surface area (Å²) in [6.07, 6.45) is 7.23. The standard InChI is InChI=1S/C13H24Cl2N2/c1-3-8-12(14)16-10-6-5-7-11-17-13(15)9-4-2/h3-11H2,1-2H3. The quantitative estimate of drug-likeness (QED) is 0.396. The van der Waals surface area contributed by atoms with Gasteiger partial charge in [0, 0.05) is 13.1 Å². The van der Waals surface area contributed by atoms with Gasteiger partial charge >= 0.3 is 0 Å². The van der Waals surface area contributed by atoms with Crippen LogP contribution in [-0.4, -0.2) is 23.4 Å². The summed E-state index contributed by atoms with van der Waals surface area (Å²) < 4.78 is 0. The van der Waals surface area contributed by atoms with Crippen molar-refractivity contribution in [1.29, 1.82) is 0 Å². The van der Waals surface area contributed by atoms with Crippen LogP contribution in [0.1, 0.15) is 58.8 Å². The van der Waals surface area contributed by atoms with Gasteiger partial charge in [-0.3, -0.25) is 9.98 Å². The summed E-state index contributed by atoms with van der Waals surface area (Å²) in [6, 6.07) is 0. The van der Waals surface area contributed by atoms with Gasteiger partial charge in [-0.05, 0) is 44.9 Å². The molecular weight excluding hydrogens is 255 g/mol. The minimum Gasteiger partial charge on any atom is -0.278 e. The van der Waals surface area contributed by atoms with Crippen molar-refractivity contribution in [2.75, 3.05) is 13.1 Å². The Labute approximate surface area is 116 Å². The van der Waals surface area contributed by atoms with Gasteiger partial charge < -0.3 is 0 Å². The van der Waals surface area contributed by atoms with Gasteiger partial charge in [-0.25, -0.2) is 0 Å². The zero-order valence-electron chi connectivity index (χ0n) is 11.0. The smallest absolute Gasteiger partial charge is 0.100 e. The second-order valence-electron chi connectivity index (χ2n) is 4.08. The van der Waals surface area contributed by atoms with E-state index in [1.54, 1.807) is 0 Å². The van der Waals surface area contributed by atoms with E-state index in [1.165, 1.54) is 0 Å². The van der Waals surface area contributed by atoms with Gasteiger partial charge in [0.2, 0.25) is 0 Å². The molecule has 0 fully saturated rings. The van der Waals surface area contributed by atoms with E-state index in [0.29, 0.717) is 0 Å². The average molecular weight is 279 g/mol. The van der Waals surface area contributed by atoms with Crippen molar-refractivity contribution >= 4 is 33.5 Å². The third kappa shape index (κ3) is 12.2. The van der Waals surface area contributed by atoms with Crippen LogP contribution < -0.4 is 0 Å². The third-order valence-corrected chi connectivity index (χ3v) is 2.91. The van der Waals surface area contributed by atoms with Crippen LogP contribution in [-0.2, 0) is 0 Å². The summed E-state index contributed by atoms with van der Waals surface area (Å²) >= 11 is 11.8. The van der Waals surface area contributed by atoms with Crippen molar-refractivity contribution in [3.63, 3.8) is 0 Å². The Hall–Kier alpha value is -0.0800. The molecule has 0 N–H and O–H groups in total. The van der Waals surface area contributed by atoms with Gasteiger partial charge in [-0.15, -0.1) is 0 Å². The van der Waals surface area contributed by atoms with E-state index in [1.807, 2.05) is 0 Å². The highest BCUT2D eigenvalue weighted by Gasteiger charge is 1.93. The maximum absolute atomic E-state index is 5.91. The van der Waals surface area contributed by atoms with Crippen LogP contribution in [0, 0.1) is 0 Å². The first-order chi connectivity index (χ1) is 8.20. The molecule has 0 aromatic rings. The summed E-state index contributed by atoms with van der Waals surface area (Å²) in [7, 11) is 0. The van der Waals surface area contributed by atoms with E-state index in [4.69, 9.17) is 23.2 Å². The molecule has 0 radical (unpaired) electrons. The number of nitrogens with zero attached hydrogens (tertiary/aromatic N) is 2. The molecule has 0 aromatic carbocycles. The fourth-order valence-corrected chi connectivity index (χ4v) is 1.92. The van der Waals surface area contributed by atoms with Crippen LogP contribution in [0.3, 0.4) is 0 Å². The Morgan fingerprint density at radius 3 is 1.53 bits per heavy atom. The Morgan fingerprint density at radius 2 is 1.18 bits per heavy atom. The Balaban J connectivity index is 3.41. The van der Waals surface area contributed by atoms with Gasteiger partial charge in [0.1, 0.15) is 10.3 Å². The van der Waals surface area contributed by atoms with E-state index in [0.717, 1.165) is 68.4 Å². The molecule has 0 spiro atoms. The fourth-order valence-electron chi connectivity index (χ4n) is 1.37. The molecule has 0 saturated carbocycles. The molecule has 0 heterocycles. The number of aliphatic imine (C=N–C) groups is 2. The minimum absolute atomic E-state index is 0.761. The average Bonchev–Trinajstić information content (AvgIpc) is 2.28. The molecule has 0 bridgehead atoms. The van der Waals surface area contributed by atoms with E-state index >= 15 is 0 Å². The van der Waals surface area contributed by atoms with Crippen LogP contribution in [0.2, 0.25) is 0 Å². The zero-order chi connectivity index (χ0) is 12.9. The lowest BCUT2D eigenvalue weighted by molar-refractivity contribution is 0.695. The second kappa shape index (κ2) is 12.4. The summed E-state index contributed by atoms with van der Waals surface area (Å²) in [4.78, 5) is 8.59. The number of unbranched alkanes of at least 4 members (excludes halogenated alkanes) is 2. The minimum atomic E-state index is 0.761. The molecule has 2 nitrogen and oxygen atoms in total. The molecule has 0 saturated heterocycles. The molecule has 0 unspecified atom stereocenters. The third-order valence-electron chi connectivity index (χ3n) is 2.30. The summed E-state index contributed by atoms with van der Waals surface area (Å²) in [5.74, 6) is 0. The fraction of sp³-hybridized carbons (Fsp3) is 0.846. The first-order valence-electron chi connectivity index (χ1n) is 6.58. The number of hydrogen-bond donors (Lipinski definition) is 0. The lowest BCUT2D eigenvalue weighted by atomic mass is 10.2. The van der Waals surface area contributed by atoms with Gasteiger partial charge in [0.15, 0.2) is 0 Å². The van der Waals surface area contributed by atoms with Gasteiger partial charge in [0.05, 0.1) is 0 Å². The van der Waals surface area contributed by atoms with Crippen LogP contribution in [0.4, 0.5) is 0 Å². The number of halogens is 2. The van der Waals surface area contributed by atoms with Gasteiger partial charge in [0.25, 0.3) is 0 Å². The van der Waals surface area contributed by atoms with Crippen molar-refractivity contribution in [3.05, 3.63) is 0 Å². The van der Waals surface area contributed by atoms with Crippen LogP contribution in [0.25, 0.3) is 0 Å². The maximum Gasteiger partial charge on any atom is 0.100 e. The summed E-state index contributed by atoms with van der Waals surface area (Å²) in [5, 5.41) is 1.52. The Kier molecular flexibility index (Phi) is 12.3. The second-order valence-corrected chi connectivity index (χ2v) is 4.95. The molecule has 0 aliphatic heterocycles. The molecule has 0 aromatic heterocycles. The van der Waals surface area contributed by atoms with Crippen molar-refractivity contribution < 1.29 is 0 Å². The molecule has 0 aliphatic carbocycles. The topological polar surface area (TPSA) is 24.7 Å². The summed E-state index contributed by atoms with van der Waals surface area (Å²) in [5.41, 5.74) is 0. The molecule has 0 atom stereocenters. The Morgan fingerprint density at radius 1 is 0.765 bits per heavy atom. The predicted molar refractivity (Wildman–Crippen MR) is 80.0 cm³/mol. The Bertz CT molecular complexity index is 214. The predicted octanol–water partition coefficient (Wildman–Crippen LogP) is 5.03. The van der Waals surface area contributed by atoms with Crippen LogP contribution in [0.5, 0.6) is 0 Å². The monoisotopic (exact) mass is 278 g/mol. The molecule has 0 amide bonds. The highest BCUT2D eigenvalue weighted by atomic mass is 35.5. The molecule has 4 heteroatoms. The highest BCUT2D eigenvalue weighted by molar-refractivity contribution is 6.65. The molecule has 17 heavy (non-hydrogen) atoms. The molecular formula is C13H24Cl2N2. The normalized spacial score (nSPS) is 13.2. The highest BCUT2D eigenvalue weighted by Crippen LogP contribution is 2.02. The van der Waals surface area contributed by atoms with Crippen molar-refractivity contribution in [1.82, 2.24) is 0 Å². The van der Waals surface area contributed by atoms with E-state index in [2.05, 4.69) is 23.8 Å². The first-order valence-corrected chi connectivity index (χ1v) is 7.33. The van der Waals surface area contributed by atoms with Crippen LogP contribution in [0.15, 0.2) is 9.98 Å². The van der Waals surface area contributed by atoms with E-state index in [-0.39, 0.29) is 0 Å². The SMILES string of the molecule is CCCC(Cl)=NCCCCCN=C(Cl)CCC. The molecule has 0 aliphatic rings.